The van der Waals surface area contributed by atoms with E-state index in [4.69, 9.17) is 4.98 Å². The van der Waals surface area contributed by atoms with Crippen molar-refractivity contribution in [2.75, 3.05) is 25.5 Å². The molecule has 0 bridgehead atoms. The fourth-order valence-electron chi connectivity index (χ4n) is 4.23. The van der Waals surface area contributed by atoms with Crippen LogP contribution in [0, 0.1) is 5.82 Å². The van der Waals surface area contributed by atoms with Crippen LogP contribution in [0.1, 0.15) is 16.8 Å². The molecule has 0 atom stereocenters. The lowest BCUT2D eigenvalue weighted by atomic mass is 10.0. The Bertz CT molecular complexity index is 1320. The van der Waals surface area contributed by atoms with Gasteiger partial charge in [-0.15, -0.1) is 0 Å². The summed E-state index contributed by atoms with van der Waals surface area (Å²) in [6.45, 7) is 1.61. The van der Waals surface area contributed by atoms with Gasteiger partial charge in [0, 0.05) is 54.6 Å². The third-order valence-corrected chi connectivity index (χ3v) is 5.89. The molecule has 0 saturated heterocycles. The average Bonchev–Trinajstić information content (AvgIpc) is 3.26. The first-order valence-electron chi connectivity index (χ1n) is 10.9. The number of carbonyl (C=O) groups excluding carboxylic acids is 1. The molecule has 168 valence electrons. The summed E-state index contributed by atoms with van der Waals surface area (Å²) in [5.41, 5.74) is 4.58. The van der Waals surface area contributed by atoms with Gasteiger partial charge >= 0.3 is 6.03 Å². The SMILES string of the molecule is CNC(=O)N1CCc2c(nc(-c3cncc(F)c3)nc2NCCc2c[nH]c3ccccc23)C1. The molecular formula is C24H24FN7O. The number of hydrogen-bond acceptors (Lipinski definition) is 5. The van der Waals surface area contributed by atoms with E-state index in [1.165, 1.54) is 17.0 Å². The Morgan fingerprint density at radius 3 is 2.97 bits per heavy atom. The molecule has 2 amide bonds. The van der Waals surface area contributed by atoms with Gasteiger partial charge in [0.1, 0.15) is 11.6 Å². The van der Waals surface area contributed by atoms with E-state index < -0.39 is 5.82 Å². The van der Waals surface area contributed by atoms with Crippen LogP contribution in [-0.4, -0.2) is 51.0 Å². The van der Waals surface area contributed by atoms with Crippen LogP contribution in [0.2, 0.25) is 0 Å². The van der Waals surface area contributed by atoms with Crippen molar-refractivity contribution >= 4 is 22.8 Å². The number of pyridine rings is 1. The van der Waals surface area contributed by atoms with E-state index >= 15 is 0 Å². The van der Waals surface area contributed by atoms with Gasteiger partial charge in [0.05, 0.1) is 18.4 Å². The van der Waals surface area contributed by atoms with Crippen LogP contribution in [-0.2, 0) is 19.4 Å². The summed E-state index contributed by atoms with van der Waals surface area (Å²) in [7, 11) is 1.61. The highest BCUT2D eigenvalue weighted by Crippen LogP contribution is 2.27. The van der Waals surface area contributed by atoms with E-state index in [-0.39, 0.29) is 6.03 Å². The van der Waals surface area contributed by atoms with Crippen LogP contribution >= 0.6 is 0 Å². The highest BCUT2D eigenvalue weighted by Gasteiger charge is 2.25. The Morgan fingerprint density at radius 2 is 2.12 bits per heavy atom. The summed E-state index contributed by atoms with van der Waals surface area (Å²) in [5, 5.41) is 7.33. The first-order chi connectivity index (χ1) is 16.1. The Balaban J connectivity index is 1.44. The van der Waals surface area contributed by atoms with E-state index in [2.05, 4.69) is 37.7 Å². The van der Waals surface area contributed by atoms with Crippen molar-refractivity contribution in [2.24, 2.45) is 0 Å². The smallest absolute Gasteiger partial charge is 0.317 e. The fourth-order valence-corrected chi connectivity index (χ4v) is 4.23. The number of para-hydroxylation sites is 1. The molecule has 4 heterocycles. The summed E-state index contributed by atoms with van der Waals surface area (Å²) < 4.78 is 13.8. The molecule has 9 heteroatoms. The minimum atomic E-state index is -0.449. The molecule has 0 spiro atoms. The zero-order valence-corrected chi connectivity index (χ0v) is 18.2. The Labute approximate surface area is 190 Å². The quantitative estimate of drug-likeness (QED) is 0.437. The van der Waals surface area contributed by atoms with Crippen LogP contribution < -0.4 is 10.6 Å². The van der Waals surface area contributed by atoms with Crippen molar-refractivity contribution in [3.05, 3.63) is 71.6 Å². The first kappa shape index (κ1) is 20.9. The lowest BCUT2D eigenvalue weighted by molar-refractivity contribution is 0.193. The monoisotopic (exact) mass is 445 g/mol. The minimum absolute atomic E-state index is 0.151. The second-order valence-corrected chi connectivity index (χ2v) is 7.98. The molecule has 1 aliphatic rings. The summed E-state index contributed by atoms with van der Waals surface area (Å²) in [6.07, 6.45) is 6.17. The molecule has 8 nitrogen and oxygen atoms in total. The number of nitrogens with one attached hydrogen (secondary N) is 3. The second-order valence-electron chi connectivity index (χ2n) is 7.98. The summed E-state index contributed by atoms with van der Waals surface area (Å²) >= 11 is 0. The Kier molecular flexibility index (Phi) is 5.60. The fraction of sp³-hybridized carbons (Fsp3) is 0.250. The zero-order chi connectivity index (χ0) is 22.8. The van der Waals surface area contributed by atoms with Crippen LogP contribution in [0.5, 0.6) is 0 Å². The van der Waals surface area contributed by atoms with E-state index in [0.29, 0.717) is 37.4 Å². The first-order valence-corrected chi connectivity index (χ1v) is 10.9. The standard InChI is InChI=1S/C24H24FN7O/c1-26-24(33)32-9-7-19-21(14-32)30-22(16-10-17(25)13-27-11-16)31-23(19)28-8-6-15-12-29-20-5-3-2-4-18(15)20/h2-5,10-13,29H,6-9,14H2,1H3,(H,26,33)(H,28,30,31). The maximum Gasteiger partial charge on any atom is 0.317 e. The van der Waals surface area contributed by atoms with E-state index in [1.807, 2.05) is 18.3 Å². The number of halogens is 1. The molecule has 1 aromatic carbocycles. The lowest BCUT2D eigenvalue weighted by Crippen LogP contribution is -2.42. The number of hydrogen-bond donors (Lipinski definition) is 3. The van der Waals surface area contributed by atoms with Gasteiger partial charge in [-0.05, 0) is 30.5 Å². The van der Waals surface area contributed by atoms with Gasteiger partial charge in [-0.25, -0.2) is 19.2 Å². The number of amides is 2. The van der Waals surface area contributed by atoms with E-state index in [1.54, 1.807) is 18.1 Å². The van der Waals surface area contributed by atoms with E-state index in [0.717, 1.165) is 35.2 Å². The maximum atomic E-state index is 13.8. The molecule has 1 aliphatic heterocycles. The van der Waals surface area contributed by atoms with Gasteiger partial charge in [-0.1, -0.05) is 18.2 Å². The van der Waals surface area contributed by atoms with Crippen molar-refractivity contribution in [1.82, 2.24) is 30.2 Å². The molecule has 3 aromatic heterocycles. The summed E-state index contributed by atoms with van der Waals surface area (Å²) in [5.74, 6) is 0.652. The number of fused-ring (bicyclic) bond motifs is 2. The maximum absolute atomic E-state index is 13.8. The molecule has 0 unspecified atom stereocenters. The van der Waals surface area contributed by atoms with Crippen LogP contribution in [0.25, 0.3) is 22.3 Å². The largest absolute Gasteiger partial charge is 0.369 e. The zero-order valence-electron chi connectivity index (χ0n) is 18.2. The Hall–Kier alpha value is -4.01. The number of benzene rings is 1. The summed E-state index contributed by atoms with van der Waals surface area (Å²) in [6, 6.07) is 9.43. The topological polar surface area (TPSA) is 98.8 Å². The number of aromatic amines is 1. The summed E-state index contributed by atoms with van der Waals surface area (Å²) in [4.78, 5) is 30.5. The predicted octanol–water partition coefficient (Wildman–Crippen LogP) is 3.51. The number of aromatic nitrogens is 4. The predicted molar refractivity (Wildman–Crippen MR) is 124 cm³/mol. The van der Waals surface area contributed by atoms with Crippen molar-refractivity contribution in [2.45, 2.75) is 19.4 Å². The van der Waals surface area contributed by atoms with Crippen molar-refractivity contribution in [1.29, 1.82) is 0 Å². The molecule has 0 fully saturated rings. The van der Waals surface area contributed by atoms with Gasteiger partial charge in [-0.2, -0.15) is 0 Å². The van der Waals surface area contributed by atoms with Gasteiger partial charge < -0.3 is 20.5 Å². The molecule has 0 radical (unpaired) electrons. The van der Waals surface area contributed by atoms with Crippen molar-refractivity contribution < 1.29 is 9.18 Å². The minimum Gasteiger partial charge on any atom is -0.369 e. The van der Waals surface area contributed by atoms with Crippen LogP contribution in [0.3, 0.4) is 0 Å². The van der Waals surface area contributed by atoms with Gasteiger partial charge in [0.15, 0.2) is 5.82 Å². The van der Waals surface area contributed by atoms with Crippen molar-refractivity contribution in [3.63, 3.8) is 0 Å². The number of anilines is 1. The third kappa shape index (κ3) is 4.21. The highest BCUT2D eigenvalue weighted by molar-refractivity contribution is 5.83. The van der Waals surface area contributed by atoms with Crippen LogP contribution in [0.15, 0.2) is 48.9 Å². The van der Waals surface area contributed by atoms with Gasteiger partial charge in [0.2, 0.25) is 0 Å². The third-order valence-electron chi connectivity index (χ3n) is 5.89. The average molecular weight is 446 g/mol. The molecule has 4 aromatic rings. The molecule has 33 heavy (non-hydrogen) atoms. The number of carbonyl (C=O) groups is 1. The lowest BCUT2D eigenvalue weighted by Gasteiger charge is -2.29. The van der Waals surface area contributed by atoms with E-state index in [9.17, 15) is 9.18 Å². The normalized spacial score (nSPS) is 13.1. The van der Waals surface area contributed by atoms with Gasteiger partial charge in [-0.3, -0.25) is 4.98 Å². The van der Waals surface area contributed by atoms with Gasteiger partial charge in [0.25, 0.3) is 0 Å². The highest BCUT2D eigenvalue weighted by atomic mass is 19.1. The number of H-pyrrole nitrogens is 1. The number of rotatable bonds is 5. The molecule has 5 rings (SSSR count). The van der Waals surface area contributed by atoms with Crippen LogP contribution in [0.4, 0.5) is 15.0 Å². The second kappa shape index (κ2) is 8.85. The molecule has 3 N–H and O–H groups in total. The molecular weight excluding hydrogens is 421 g/mol. The molecule has 0 saturated carbocycles. The Morgan fingerprint density at radius 1 is 1.24 bits per heavy atom. The number of nitrogens with zero attached hydrogens (tertiary/aromatic N) is 4. The van der Waals surface area contributed by atoms with Crippen molar-refractivity contribution in [3.8, 4) is 11.4 Å². The molecule has 0 aliphatic carbocycles. The number of urea groups is 1.